The van der Waals surface area contributed by atoms with Crippen molar-refractivity contribution in [1.82, 2.24) is 10.2 Å². The molecular weight excluding hydrogens is 280 g/mol. The highest BCUT2D eigenvalue weighted by molar-refractivity contribution is 5.74. The molecule has 0 saturated carbocycles. The van der Waals surface area contributed by atoms with Crippen LogP contribution < -0.4 is 5.32 Å². The third-order valence-electron chi connectivity index (χ3n) is 4.12. The van der Waals surface area contributed by atoms with Gasteiger partial charge < -0.3 is 19.7 Å². The van der Waals surface area contributed by atoms with Gasteiger partial charge >= 0.3 is 6.03 Å². The molecule has 1 aliphatic heterocycles. The maximum Gasteiger partial charge on any atom is 0.317 e. The Kier molecular flexibility index (Phi) is 5.80. The second-order valence-corrected chi connectivity index (χ2v) is 5.99. The van der Waals surface area contributed by atoms with E-state index in [4.69, 9.17) is 9.47 Å². The molecule has 0 aliphatic carbocycles. The molecule has 1 aromatic carbocycles. The Labute approximate surface area is 132 Å². The molecule has 5 nitrogen and oxygen atoms in total. The Balaban J connectivity index is 1.88. The fourth-order valence-corrected chi connectivity index (χ4v) is 2.60. The van der Waals surface area contributed by atoms with E-state index in [1.165, 1.54) is 0 Å². The number of nitrogens with zero attached hydrogens (tertiary/aromatic N) is 1. The summed E-state index contributed by atoms with van der Waals surface area (Å²) < 4.78 is 10.9. The molecule has 0 spiro atoms. The molecule has 22 heavy (non-hydrogen) atoms. The van der Waals surface area contributed by atoms with Gasteiger partial charge in [0.25, 0.3) is 0 Å². The van der Waals surface area contributed by atoms with Crippen LogP contribution in [0.25, 0.3) is 0 Å². The Hall–Kier alpha value is -1.59. The molecule has 0 radical (unpaired) electrons. The molecule has 1 N–H and O–H groups in total. The van der Waals surface area contributed by atoms with E-state index in [1.807, 2.05) is 23.1 Å². The summed E-state index contributed by atoms with van der Waals surface area (Å²) in [5, 5.41) is 2.99. The zero-order valence-corrected chi connectivity index (χ0v) is 13.7. The molecule has 1 atom stereocenters. The van der Waals surface area contributed by atoms with Gasteiger partial charge in [0, 0.05) is 20.2 Å². The minimum Gasteiger partial charge on any atom is -0.380 e. The van der Waals surface area contributed by atoms with E-state index in [0.29, 0.717) is 32.8 Å². The maximum absolute atomic E-state index is 12.3. The fraction of sp³-hybridized carbons (Fsp3) is 0.588. The van der Waals surface area contributed by atoms with Gasteiger partial charge in [0.15, 0.2) is 0 Å². The first-order valence-corrected chi connectivity index (χ1v) is 7.80. The summed E-state index contributed by atoms with van der Waals surface area (Å²) in [5.74, 6) is 0. The van der Waals surface area contributed by atoms with Crippen molar-refractivity contribution in [1.29, 1.82) is 0 Å². The summed E-state index contributed by atoms with van der Waals surface area (Å²) in [6, 6.07) is 8.04. The monoisotopic (exact) mass is 306 g/mol. The van der Waals surface area contributed by atoms with Gasteiger partial charge in [0.1, 0.15) is 0 Å². The number of carbonyl (C=O) groups is 1. The van der Waals surface area contributed by atoms with Gasteiger partial charge in [-0.2, -0.15) is 0 Å². The van der Waals surface area contributed by atoms with Gasteiger partial charge in [0.2, 0.25) is 0 Å². The van der Waals surface area contributed by atoms with Crippen molar-refractivity contribution in [2.24, 2.45) is 0 Å². The molecule has 2 amide bonds. The number of ether oxygens (including phenoxy) is 2. The molecule has 2 rings (SSSR count). The van der Waals surface area contributed by atoms with Gasteiger partial charge in [-0.05, 0) is 24.5 Å². The largest absolute Gasteiger partial charge is 0.380 e. The van der Waals surface area contributed by atoms with Crippen molar-refractivity contribution < 1.29 is 14.3 Å². The highest BCUT2D eigenvalue weighted by atomic mass is 16.5. The van der Waals surface area contributed by atoms with E-state index >= 15 is 0 Å². The number of nitrogens with one attached hydrogen (secondary N) is 1. The number of amides is 2. The smallest absolute Gasteiger partial charge is 0.317 e. The number of hydrogen-bond acceptors (Lipinski definition) is 3. The first-order valence-electron chi connectivity index (χ1n) is 7.80. The topological polar surface area (TPSA) is 50.8 Å². The molecule has 1 aliphatic rings. The lowest BCUT2D eigenvalue weighted by atomic mass is 10.0. The van der Waals surface area contributed by atoms with Crippen molar-refractivity contribution in [3.05, 3.63) is 35.4 Å². The zero-order chi connectivity index (χ0) is 16.0. The number of benzene rings is 1. The van der Waals surface area contributed by atoms with Crippen molar-refractivity contribution in [3.8, 4) is 0 Å². The van der Waals surface area contributed by atoms with Crippen LogP contribution >= 0.6 is 0 Å². The average molecular weight is 306 g/mol. The van der Waals surface area contributed by atoms with Gasteiger partial charge in [-0.15, -0.1) is 0 Å². The fourth-order valence-electron chi connectivity index (χ4n) is 2.60. The van der Waals surface area contributed by atoms with E-state index in [-0.39, 0.29) is 11.6 Å². The summed E-state index contributed by atoms with van der Waals surface area (Å²) >= 11 is 0. The molecule has 5 heteroatoms. The van der Waals surface area contributed by atoms with E-state index < -0.39 is 0 Å². The summed E-state index contributed by atoms with van der Waals surface area (Å²) in [4.78, 5) is 14.2. The van der Waals surface area contributed by atoms with E-state index in [2.05, 4.69) is 25.2 Å². The number of morpholine rings is 1. The minimum atomic E-state index is -0.228. The van der Waals surface area contributed by atoms with Crippen LogP contribution in [-0.4, -0.2) is 43.3 Å². The second-order valence-electron chi connectivity index (χ2n) is 5.99. The standard InChI is InChI=1S/C17H26N2O3/c1-4-17(2)13-19(8-9-22-17)16(20)18-11-14-6-5-7-15(10-14)12-21-3/h5-7,10H,4,8-9,11-13H2,1-3H3,(H,18,20). The predicted molar refractivity (Wildman–Crippen MR) is 85.6 cm³/mol. The SMILES string of the molecule is CCC1(C)CN(C(=O)NCc2cccc(COC)c2)CCO1. The van der Waals surface area contributed by atoms with Crippen LogP contribution in [0.5, 0.6) is 0 Å². The number of urea groups is 1. The van der Waals surface area contributed by atoms with E-state index in [0.717, 1.165) is 17.5 Å². The predicted octanol–water partition coefficient (Wildman–Crippen LogP) is 2.54. The summed E-state index contributed by atoms with van der Waals surface area (Å²) in [7, 11) is 1.68. The van der Waals surface area contributed by atoms with Crippen LogP contribution in [0.3, 0.4) is 0 Å². The van der Waals surface area contributed by atoms with E-state index in [1.54, 1.807) is 7.11 Å². The van der Waals surface area contributed by atoms with Crippen LogP contribution in [-0.2, 0) is 22.6 Å². The molecule has 1 unspecified atom stereocenters. The number of hydrogen-bond donors (Lipinski definition) is 1. The first kappa shape index (κ1) is 16.8. The first-order chi connectivity index (χ1) is 10.6. The van der Waals surface area contributed by atoms with Gasteiger partial charge in [-0.1, -0.05) is 31.2 Å². The van der Waals surface area contributed by atoms with Crippen molar-refractivity contribution in [2.45, 2.75) is 39.0 Å². The lowest BCUT2D eigenvalue weighted by Gasteiger charge is -2.39. The summed E-state index contributed by atoms with van der Waals surface area (Å²) in [6.45, 7) is 7.13. The molecular formula is C17H26N2O3. The Morgan fingerprint density at radius 3 is 2.95 bits per heavy atom. The molecule has 1 aromatic rings. The quantitative estimate of drug-likeness (QED) is 0.909. The van der Waals surface area contributed by atoms with Crippen LogP contribution in [0, 0.1) is 0 Å². The second kappa shape index (κ2) is 7.61. The van der Waals surface area contributed by atoms with Gasteiger partial charge in [-0.3, -0.25) is 0 Å². The number of methoxy groups -OCH3 is 1. The van der Waals surface area contributed by atoms with Gasteiger partial charge in [-0.25, -0.2) is 4.79 Å². The molecule has 122 valence electrons. The summed E-state index contributed by atoms with van der Waals surface area (Å²) in [6.07, 6.45) is 0.899. The molecule has 1 saturated heterocycles. The van der Waals surface area contributed by atoms with Crippen molar-refractivity contribution >= 4 is 6.03 Å². The molecule has 0 aromatic heterocycles. The van der Waals surface area contributed by atoms with Crippen LogP contribution in [0.15, 0.2) is 24.3 Å². The minimum absolute atomic E-state index is 0.0277. The number of rotatable bonds is 5. The Bertz CT molecular complexity index is 506. The molecule has 0 bridgehead atoms. The molecule has 1 fully saturated rings. The highest BCUT2D eigenvalue weighted by Gasteiger charge is 2.32. The molecule has 1 heterocycles. The van der Waals surface area contributed by atoms with Crippen LogP contribution in [0.4, 0.5) is 4.79 Å². The lowest BCUT2D eigenvalue weighted by Crippen LogP contribution is -2.54. The van der Waals surface area contributed by atoms with Crippen LogP contribution in [0.1, 0.15) is 31.4 Å². The van der Waals surface area contributed by atoms with Crippen molar-refractivity contribution in [2.75, 3.05) is 26.8 Å². The Morgan fingerprint density at radius 2 is 2.23 bits per heavy atom. The lowest BCUT2D eigenvalue weighted by molar-refractivity contribution is -0.0872. The highest BCUT2D eigenvalue weighted by Crippen LogP contribution is 2.21. The van der Waals surface area contributed by atoms with E-state index in [9.17, 15) is 4.79 Å². The summed E-state index contributed by atoms with van der Waals surface area (Å²) in [5.41, 5.74) is 1.96. The van der Waals surface area contributed by atoms with Gasteiger partial charge in [0.05, 0.1) is 25.4 Å². The zero-order valence-electron chi connectivity index (χ0n) is 13.7. The van der Waals surface area contributed by atoms with Crippen molar-refractivity contribution in [3.63, 3.8) is 0 Å². The number of carbonyl (C=O) groups excluding carboxylic acids is 1. The van der Waals surface area contributed by atoms with Crippen LogP contribution in [0.2, 0.25) is 0 Å². The third kappa shape index (κ3) is 4.45. The maximum atomic E-state index is 12.3. The normalized spacial score (nSPS) is 21.7. The Morgan fingerprint density at radius 1 is 1.45 bits per heavy atom. The average Bonchev–Trinajstić information content (AvgIpc) is 2.53. The third-order valence-corrected chi connectivity index (χ3v) is 4.12.